The van der Waals surface area contributed by atoms with E-state index in [-0.39, 0.29) is 5.75 Å². The summed E-state index contributed by atoms with van der Waals surface area (Å²) in [5.41, 5.74) is 2.27. The molecule has 0 amide bonds. The summed E-state index contributed by atoms with van der Waals surface area (Å²) >= 11 is 0. The van der Waals surface area contributed by atoms with Gasteiger partial charge in [-0.05, 0) is 36.6 Å². The first-order valence-electron chi connectivity index (χ1n) is 7.06. The van der Waals surface area contributed by atoms with Crippen molar-refractivity contribution >= 4 is 0 Å². The van der Waals surface area contributed by atoms with Gasteiger partial charge in [-0.15, -0.1) is 0 Å². The van der Waals surface area contributed by atoms with Crippen LogP contribution in [0.1, 0.15) is 35.8 Å². The van der Waals surface area contributed by atoms with Crippen molar-refractivity contribution in [2.45, 2.75) is 38.5 Å². The molecule has 0 aliphatic heterocycles. The van der Waals surface area contributed by atoms with Gasteiger partial charge in [-0.25, -0.2) is 0 Å². The number of fused-ring (bicyclic) bond motifs is 1. The third-order valence-electron chi connectivity index (χ3n) is 3.75. The third kappa shape index (κ3) is 3.42. The summed E-state index contributed by atoms with van der Waals surface area (Å²) in [5, 5.41) is 3.49. The van der Waals surface area contributed by atoms with Crippen LogP contribution in [0.4, 0.5) is 8.78 Å². The van der Waals surface area contributed by atoms with Crippen molar-refractivity contribution in [1.29, 1.82) is 0 Å². The highest BCUT2D eigenvalue weighted by atomic mass is 19.3. The van der Waals surface area contributed by atoms with Gasteiger partial charge in [-0.3, -0.25) is 0 Å². The molecule has 0 radical (unpaired) electrons. The van der Waals surface area contributed by atoms with E-state index in [1.165, 1.54) is 5.56 Å². The summed E-state index contributed by atoms with van der Waals surface area (Å²) in [4.78, 5) is 0. The smallest absolute Gasteiger partial charge is 0.387 e. The number of halogens is 2. The van der Waals surface area contributed by atoms with Crippen LogP contribution in [-0.2, 0) is 13.0 Å². The van der Waals surface area contributed by atoms with Gasteiger partial charge in [0.15, 0.2) is 0 Å². The Kier molecular flexibility index (Phi) is 4.20. The molecular weight excluding hydrogens is 276 g/mol. The molecule has 112 valence electrons. The third-order valence-corrected chi connectivity index (χ3v) is 3.75. The lowest BCUT2D eigenvalue weighted by Crippen LogP contribution is -2.23. The van der Waals surface area contributed by atoms with Gasteiger partial charge >= 0.3 is 6.61 Å². The van der Waals surface area contributed by atoms with Crippen LogP contribution in [0.25, 0.3) is 0 Å². The summed E-state index contributed by atoms with van der Waals surface area (Å²) in [6.45, 7) is -2.10. The maximum atomic E-state index is 12.1. The standard InChI is InChI=1S/C16H17F2NO2/c17-16(18)21-12-6-4-11(5-7-12)10-19-14-2-1-3-15-13(14)8-9-20-15/h4-9,14,16,19H,1-3,10H2. The van der Waals surface area contributed by atoms with Gasteiger partial charge in [-0.1, -0.05) is 12.1 Å². The minimum absolute atomic E-state index is 0.184. The summed E-state index contributed by atoms with van der Waals surface area (Å²) in [6.07, 6.45) is 4.93. The van der Waals surface area contributed by atoms with Gasteiger partial charge in [0, 0.05) is 24.6 Å². The van der Waals surface area contributed by atoms with Crippen molar-refractivity contribution in [3.8, 4) is 5.75 Å². The second-order valence-corrected chi connectivity index (χ2v) is 5.15. The van der Waals surface area contributed by atoms with Crippen LogP contribution < -0.4 is 10.1 Å². The molecule has 0 spiro atoms. The second-order valence-electron chi connectivity index (χ2n) is 5.15. The molecule has 5 heteroatoms. The molecule has 1 aliphatic rings. The minimum atomic E-state index is -2.78. The number of hydrogen-bond donors (Lipinski definition) is 1. The molecule has 3 rings (SSSR count). The normalized spacial score (nSPS) is 17.8. The Morgan fingerprint density at radius 3 is 2.81 bits per heavy atom. The zero-order valence-electron chi connectivity index (χ0n) is 11.5. The van der Waals surface area contributed by atoms with Gasteiger partial charge in [0.2, 0.25) is 0 Å². The van der Waals surface area contributed by atoms with Crippen LogP contribution in [0, 0.1) is 0 Å². The molecular formula is C16H17F2NO2. The highest BCUT2D eigenvalue weighted by molar-refractivity contribution is 5.28. The van der Waals surface area contributed by atoms with Crippen molar-refractivity contribution in [1.82, 2.24) is 5.32 Å². The van der Waals surface area contributed by atoms with Crippen molar-refractivity contribution in [3.05, 3.63) is 53.5 Å². The minimum Gasteiger partial charge on any atom is -0.469 e. The Balaban J connectivity index is 1.59. The Morgan fingerprint density at radius 1 is 1.24 bits per heavy atom. The van der Waals surface area contributed by atoms with Crippen LogP contribution in [-0.4, -0.2) is 6.61 Å². The van der Waals surface area contributed by atoms with Gasteiger partial charge in [0.05, 0.1) is 6.26 Å². The molecule has 1 N–H and O–H groups in total. The second kappa shape index (κ2) is 6.26. The summed E-state index contributed by atoms with van der Waals surface area (Å²) < 4.78 is 34.0. The van der Waals surface area contributed by atoms with Gasteiger partial charge in [0.1, 0.15) is 11.5 Å². The Morgan fingerprint density at radius 2 is 2.05 bits per heavy atom. The molecule has 3 nitrogen and oxygen atoms in total. The number of rotatable bonds is 5. The number of nitrogens with one attached hydrogen (secondary N) is 1. The quantitative estimate of drug-likeness (QED) is 0.903. The fourth-order valence-electron chi connectivity index (χ4n) is 2.73. The zero-order chi connectivity index (χ0) is 14.7. The number of alkyl halides is 2. The van der Waals surface area contributed by atoms with Crippen LogP contribution in [0.3, 0.4) is 0 Å². The molecule has 1 aromatic heterocycles. The van der Waals surface area contributed by atoms with Crippen molar-refractivity contribution in [2.75, 3.05) is 0 Å². The summed E-state index contributed by atoms with van der Waals surface area (Å²) in [7, 11) is 0. The number of ether oxygens (including phenoxy) is 1. The lowest BCUT2D eigenvalue weighted by Gasteiger charge is -2.22. The predicted octanol–water partition coefficient (Wildman–Crippen LogP) is 4.05. The monoisotopic (exact) mass is 293 g/mol. The zero-order valence-corrected chi connectivity index (χ0v) is 11.5. The first-order valence-corrected chi connectivity index (χ1v) is 7.06. The highest BCUT2D eigenvalue weighted by Crippen LogP contribution is 2.30. The van der Waals surface area contributed by atoms with E-state index in [0.29, 0.717) is 12.6 Å². The van der Waals surface area contributed by atoms with Crippen LogP contribution >= 0.6 is 0 Å². The topological polar surface area (TPSA) is 34.4 Å². The Bertz CT molecular complexity index is 580. The van der Waals surface area contributed by atoms with E-state index in [2.05, 4.69) is 10.1 Å². The van der Waals surface area contributed by atoms with E-state index in [1.54, 1.807) is 30.5 Å². The fourth-order valence-corrected chi connectivity index (χ4v) is 2.73. The van der Waals surface area contributed by atoms with Gasteiger partial charge in [-0.2, -0.15) is 8.78 Å². The molecule has 1 aromatic carbocycles. The van der Waals surface area contributed by atoms with Crippen LogP contribution in [0.15, 0.2) is 41.0 Å². The average molecular weight is 293 g/mol. The SMILES string of the molecule is FC(F)Oc1ccc(CNC2CCCc3occc32)cc1. The summed E-state index contributed by atoms with van der Waals surface area (Å²) in [5.74, 6) is 1.25. The number of furan rings is 1. The highest BCUT2D eigenvalue weighted by Gasteiger charge is 2.21. The first-order chi connectivity index (χ1) is 10.2. The molecule has 21 heavy (non-hydrogen) atoms. The molecule has 2 aromatic rings. The van der Waals surface area contributed by atoms with E-state index in [0.717, 1.165) is 30.6 Å². The fraction of sp³-hybridized carbons (Fsp3) is 0.375. The van der Waals surface area contributed by atoms with Crippen molar-refractivity contribution in [3.63, 3.8) is 0 Å². The van der Waals surface area contributed by atoms with Crippen molar-refractivity contribution in [2.24, 2.45) is 0 Å². The number of hydrogen-bond acceptors (Lipinski definition) is 3. The average Bonchev–Trinajstić information content (AvgIpc) is 2.95. The van der Waals surface area contributed by atoms with E-state index in [4.69, 9.17) is 4.42 Å². The lowest BCUT2D eigenvalue weighted by molar-refractivity contribution is -0.0498. The molecule has 1 aliphatic carbocycles. The van der Waals surface area contributed by atoms with Gasteiger partial charge in [0.25, 0.3) is 0 Å². The Hall–Kier alpha value is -1.88. The molecule has 1 heterocycles. The van der Waals surface area contributed by atoms with Crippen LogP contribution in [0.2, 0.25) is 0 Å². The van der Waals surface area contributed by atoms with E-state index in [9.17, 15) is 8.78 Å². The molecule has 0 saturated heterocycles. The molecule has 0 saturated carbocycles. The predicted molar refractivity (Wildman–Crippen MR) is 74.3 cm³/mol. The number of aryl methyl sites for hydroxylation is 1. The molecule has 0 fully saturated rings. The van der Waals surface area contributed by atoms with E-state index in [1.807, 2.05) is 6.07 Å². The first kappa shape index (κ1) is 14.1. The maximum absolute atomic E-state index is 12.1. The van der Waals surface area contributed by atoms with E-state index >= 15 is 0 Å². The van der Waals surface area contributed by atoms with Crippen LogP contribution in [0.5, 0.6) is 5.75 Å². The molecule has 1 unspecified atom stereocenters. The lowest BCUT2D eigenvalue weighted by atomic mass is 9.93. The molecule has 0 bridgehead atoms. The van der Waals surface area contributed by atoms with Gasteiger partial charge < -0.3 is 14.5 Å². The Labute approximate surface area is 121 Å². The maximum Gasteiger partial charge on any atom is 0.387 e. The number of benzene rings is 1. The largest absolute Gasteiger partial charge is 0.469 e. The molecule has 1 atom stereocenters. The summed E-state index contributed by atoms with van der Waals surface area (Å²) in [6, 6.07) is 9.03. The van der Waals surface area contributed by atoms with E-state index < -0.39 is 6.61 Å². The van der Waals surface area contributed by atoms with Crippen molar-refractivity contribution < 1.29 is 17.9 Å².